The third kappa shape index (κ3) is 17.4. The van der Waals surface area contributed by atoms with Crippen LogP contribution in [-0.4, -0.2) is 130 Å². The Morgan fingerprint density at radius 2 is 1.45 bits per heavy atom. The highest BCUT2D eigenvalue weighted by atomic mass is 16.3. The molecule has 6 atom stereocenters. The maximum Gasteiger partial charge on any atom is 0.245 e. The number of carbonyl (C=O) groups excluding carboxylic acids is 12. The number of aromatic hydroxyl groups is 1. The summed E-state index contributed by atoms with van der Waals surface area (Å²) in [4.78, 5) is 160. The van der Waals surface area contributed by atoms with Gasteiger partial charge in [0.25, 0.3) is 0 Å². The van der Waals surface area contributed by atoms with Gasteiger partial charge in [0, 0.05) is 52.0 Å². The van der Waals surface area contributed by atoms with Gasteiger partial charge in [-0.3, -0.25) is 57.5 Å². The van der Waals surface area contributed by atoms with Gasteiger partial charge in [0.1, 0.15) is 23.9 Å². The monoisotopic (exact) mass is 940 g/mol. The molecule has 13 N–H and O–H groups in total. The van der Waals surface area contributed by atoms with E-state index in [1.54, 1.807) is 13.8 Å². The normalized spacial score (nSPS) is 22.6. The summed E-state index contributed by atoms with van der Waals surface area (Å²) in [6.07, 6.45) is -1.65. The molecule has 1 aromatic rings. The molecule has 23 nitrogen and oxygen atoms in total. The van der Waals surface area contributed by atoms with Crippen molar-refractivity contribution in [3.05, 3.63) is 29.8 Å². The van der Waals surface area contributed by atoms with Crippen LogP contribution in [0, 0.1) is 11.8 Å². The van der Waals surface area contributed by atoms with Crippen LogP contribution in [0.1, 0.15) is 103 Å². The van der Waals surface area contributed by atoms with Crippen LogP contribution >= 0.6 is 0 Å². The molecule has 1 saturated heterocycles. The van der Waals surface area contributed by atoms with Crippen molar-refractivity contribution in [2.24, 2.45) is 29.0 Å². The predicted molar refractivity (Wildman–Crippen MR) is 237 cm³/mol. The molecule has 1 saturated carbocycles. The van der Waals surface area contributed by atoms with E-state index in [0.717, 1.165) is 4.90 Å². The number of ketones is 2. The highest BCUT2D eigenvalue weighted by molar-refractivity contribution is 5.99. The van der Waals surface area contributed by atoms with Crippen molar-refractivity contribution in [1.82, 2.24) is 36.8 Å². The standard InChI is InChI=1S/C44H64N10O13/c1-4-24(2)39-42(66)50-28(11-14-33(45)58)31(56)20-26(21-35(47)60)40(64)51-29(43(67)54(3)23-38(63)53-44(17-5-6-18-44)32(57)13-15-34(46)59)12-16-36(61)48-22-37(62)49-30(41(65)52-39)19-25-7-9-27(55)10-8-25/h7-10,24,26,28-30,39,55H,4-6,11-23H2,1-3H3,(H2,45,58)(H2,46,59)(H2,47,60)(H,48,61)(H,49,62)(H,50,66)(H,51,64)(H,52,65)(H,53,63)/t24-,26-,28-,29-,30-,39-/m0/s1. The first-order valence-electron chi connectivity index (χ1n) is 22.3. The Morgan fingerprint density at radius 1 is 0.806 bits per heavy atom. The van der Waals surface area contributed by atoms with Crippen molar-refractivity contribution in [3.63, 3.8) is 0 Å². The number of nitrogens with two attached hydrogens (primary N) is 3. The molecule has 368 valence electrons. The second-order valence-electron chi connectivity index (χ2n) is 17.3. The summed E-state index contributed by atoms with van der Waals surface area (Å²) >= 11 is 0. The van der Waals surface area contributed by atoms with E-state index in [-0.39, 0.29) is 44.3 Å². The zero-order valence-electron chi connectivity index (χ0n) is 38.1. The fourth-order valence-corrected chi connectivity index (χ4v) is 7.91. The van der Waals surface area contributed by atoms with E-state index >= 15 is 0 Å². The molecule has 3 rings (SSSR count). The van der Waals surface area contributed by atoms with E-state index in [0.29, 0.717) is 24.8 Å². The van der Waals surface area contributed by atoms with Crippen LogP contribution in [0.5, 0.6) is 5.75 Å². The Hall–Kier alpha value is -6.94. The Bertz CT molecular complexity index is 2040. The molecule has 2 fully saturated rings. The first-order chi connectivity index (χ1) is 31.5. The molecule has 0 bridgehead atoms. The van der Waals surface area contributed by atoms with Gasteiger partial charge in [-0.1, -0.05) is 45.2 Å². The summed E-state index contributed by atoms with van der Waals surface area (Å²) in [5, 5.41) is 25.1. The second kappa shape index (κ2) is 25.7. The van der Waals surface area contributed by atoms with Gasteiger partial charge in [0.05, 0.1) is 30.6 Å². The number of hydrogen-bond acceptors (Lipinski definition) is 13. The summed E-state index contributed by atoms with van der Waals surface area (Å²) in [5.41, 5.74) is 15.3. The lowest BCUT2D eigenvalue weighted by Gasteiger charge is -2.31. The number of carbonyl (C=O) groups is 12. The van der Waals surface area contributed by atoms with Gasteiger partial charge < -0.3 is 59.1 Å². The van der Waals surface area contributed by atoms with Gasteiger partial charge in [-0.15, -0.1) is 0 Å². The molecule has 2 aliphatic rings. The fraction of sp³-hybridized carbons (Fsp3) is 0.591. The number of nitrogens with zero attached hydrogens (tertiary/aromatic N) is 1. The van der Waals surface area contributed by atoms with E-state index in [9.17, 15) is 62.6 Å². The van der Waals surface area contributed by atoms with Crippen molar-refractivity contribution in [1.29, 1.82) is 0 Å². The summed E-state index contributed by atoms with van der Waals surface area (Å²) in [6.45, 7) is 2.08. The number of Topliss-reactive ketones (excluding diaryl/α,β-unsaturated/α-hetero) is 2. The first kappa shape index (κ1) is 54.4. The van der Waals surface area contributed by atoms with Gasteiger partial charge in [0.15, 0.2) is 11.6 Å². The fourth-order valence-electron chi connectivity index (χ4n) is 7.91. The van der Waals surface area contributed by atoms with Crippen molar-refractivity contribution in [2.75, 3.05) is 20.1 Å². The number of nitrogens with one attached hydrogen (secondary N) is 6. The number of primary amides is 3. The Balaban J connectivity index is 2.01. The molecule has 0 spiro atoms. The number of phenolic OH excluding ortho intramolecular Hbond substituents is 1. The van der Waals surface area contributed by atoms with Crippen LogP contribution in [0.3, 0.4) is 0 Å². The SMILES string of the molecule is CC[C@H](C)[C@@H]1NC(=O)[C@H](Cc2ccc(O)cc2)NC(=O)CNC(=O)CC[C@@H](C(=O)N(C)CC(=O)NC2(C(=O)CCC(N)=O)CCCC2)NC(=O)[C@H](CC(N)=O)CC(=O)[C@H](CCC(N)=O)NC1=O. The number of amides is 10. The summed E-state index contributed by atoms with van der Waals surface area (Å²) < 4.78 is 0. The maximum atomic E-state index is 14.1. The molecule has 0 radical (unpaired) electrons. The van der Waals surface area contributed by atoms with Crippen molar-refractivity contribution < 1.29 is 62.6 Å². The summed E-state index contributed by atoms with van der Waals surface area (Å²) in [5.74, 6) is -12.0. The van der Waals surface area contributed by atoms with E-state index < -0.39 is 157 Å². The number of phenols is 1. The van der Waals surface area contributed by atoms with Crippen LogP contribution in [0.2, 0.25) is 0 Å². The Kier molecular flexibility index (Phi) is 20.8. The van der Waals surface area contributed by atoms with Gasteiger partial charge >= 0.3 is 0 Å². The molecular weight excluding hydrogens is 877 g/mol. The molecule has 67 heavy (non-hydrogen) atoms. The first-order valence-corrected chi connectivity index (χ1v) is 22.3. The third-order valence-electron chi connectivity index (χ3n) is 11.9. The highest BCUT2D eigenvalue weighted by Crippen LogP contribution is 2.32. The average molecular weight is 941 g/mol. The Morgan fingerprint density at radius 3 is 2.04 bits per heavy atom. The lowest BCUT2D eigenvalue weighted by Crippen LogP contribution is -2.59. The summed E-state index contributed by atoms with van der Waals surface area (Å²) in [7, 11) is 1.22. The van der Waals surface area contributed by atoms with Gasteiger partial charge in [-0.2, -0.15) is 0 Å². The molecular formula is C44H64N10O13. The second-order valence-corrected chi connectivity index (χ2v) is 17.3. The van der Waals surface area contributed by atoms with Crippen LogP contribution in [0.4, 0.5) is 0 Å². The van der Waals surface area contributed by atoms with Crippen molar-refractivity contribution in [2.45, 2.75) is 133 Å². The number of likely N-dealkylation sites (N-methyl/N-ethyl adjacent to an activating group) is 1. The van der Waals surface area contributed by atoms with E-state index in [4.69, 9.17) is 17.2 Å². The van der Waals surface area contributed by atoms with Crippen molar-refractivity contribution in [3.8, 4) is 5.75 Å². The molecule has 1 aliphatic heterocycles. The third-order valence-corrected chi connectivity index (χ3v) is 11.9. The minimum absolute atomic E-state index is 0.0631. The lowest BCUT2D eigenvalue weighted by atomic mass is 9.89. The molecule has 10 amide bonds. The maximum absolute atomic E-state index is 14.1. The van der Waals surface area contributed by atoms with Crippen LogP contribution in [0.25, 0.3) is 0 Å². The molecule has 23 heteroatoms. The largest absolute Gasteiger partial charge is 0.508 e. The van der Waals surface area contributed by atoms with E-state index in [1.807, 2.05) is 0 Å². The van der Waals surface area contributed by atoms with Crippen molar-refractivity contribution >= 4 is 70.6 Å². The summed E-state index contributed by atoms with van der Waals surface area (Å²) in [6, 6.07) is -0.0173. The zero-order chi connectivity index (χ0) is 50.0. The molecule has 1 aromatic carbocycles. The Labute approximate surface area is 387 Å². The topological polar surface area (TPSA) is 379 Å². The number of benzene rings is 1. The highest BCUT2D eigenvalue weighted by Gasteiger charge is 2.42. The quantitative estimate of drug-likeness (QED) is 0.0760. The lowest BCUT2D eigenvalue weighted by molar-refractivity contribution is -0.141. The van der Waals surface area contributed by atoms with Crippen LogP contribution < -0.4 is 49.1 Å². The molecule has 0 unspecified atom stereocenters. The minimum Gasteiger partial charge on any atom is -0.508 e. The zero-order valence-corrected chi connectivity index (χ0v) is 38.1. The van der Waals surface area contributed by atoms with Gasteiger partial charge in [-0.25, -0.2) is 0 Å². The van der Waals surface area contributed by atoms with Gasteiger partial charge in [0.2, 0.25) is 59.1 Å². The van der Waals surface area contributed by atoms with Crippen LogP contribution in [0.15, 0.2) is 24.3 Å². The number of rotatable bonds is 17. The average Bonchev–Trinajstić information content (AvgIpc) is 3.74. The van der Waals surface area contributed by atoms with E-state index in [2.05, 4.69) is 31.9 Å². The van der Waals surface area contributed by atoms with Gasteiger partial charge in [-0.05, 0) is 49.3 Å². The minimum atomic E-state index is -1.60. The van der Waals surface area contributed by atoms with E-state index in [1.165, 1.54) is 31.3 Å². The number of hydrogen-bond donors (Lipinski definition) is 10. The molecule has 1 heterocycles. The molecule has 1 aliphatic carbocycles. The smallest absolute Gasteiger partial charge is 0.245 e. The molecule has 0 aromatic heterocycles. The predicted octanol–water partition coefficient (Wildman–Crippen LogP) is -2.73. The van der Waals surface area contributed by atoms with Crippen LogP contribution in [-0.2, 0) is 64.0 Å².